The summed E-state index contributed by atoms with van der Waals surface area (Å²) in [5, 5.41) is 5.70. The number of aryl methyl sites for hydroxylation is 1. The lowest BCUT2D eigenvalue weighted by Crippen LogP contribution is -2.39. The van der Waals surface area contributed by atoms with Gasteiger partial charge in [0, 0.05) is 19.6 Å². The Morgan fingerprint density at radius 1 is 1.10 bits per heavy atom. The van der Waals surface area contributed by atoms with Crippen LogP contribution in [0.15, 0.2) is 53.4 Å². The molecule has 31 heavy (non-hydrogen) atoms. The minimum atomic E-state index is -3.44. The molecule has 1 heterocycles. The third-order valence-corrected chi connectivity index (χ3v) is 7.42. The number of rotatable bonds is 8. The van der Waals surface area contributed by atoms with Crippen molar-refractivity contribution in [2.45, 2.75) is 38.0 Å². The van der Waals surface area contributed by atoms with Gasteiger partial charge in [0.05, 0.1) is 17.2 Å². The van der Waals surface area contributed by atoms with Gasteiger partial charge in [-0.05, 0) is 63.3 Å². The molecule has 1 saturated heterocycles. The molecule has 0 atom stereocenters. The Labute approximate surface area is 184 Å². The predicted molar refractivity (Wildman–Crippen MR) is 122 cm³/mol. The maximum absolute atomic E-state index is 12.8. The van der Waals surface area contributed by atoms with E-state index >= 15 is 0 Å². The van der Waals surface area contributed by atoms with Crippen molar-refractivity contribution in [1.29, 1.82) is 0 Å². The summed E-state index contributed by atoms with van der Waals surface area (Å²) in [6, 6.07) is 14.0. The highest BCUT2D eigenvalue weighted by molar-refractivity contribution is 7.89. The molecular weight excluding hydrogens is 414 g/mol. The number of carbonyl (C=O) groups excluding carboxylic acids is 1. The van der Waals surface area contributed by atoms with Crippen LogP contribution >= 0.6 is 0 Å². The lowest BCUT2D eigenvalue weighted by Gasteiger charge is -2.31. The van der Waals surface area contributed by atoms with E-state index in [0.717, 1.165) is 24.8 Å². The average molecular weight is 446 g/mol. The topological polar surface area (TPSA) is 87.7 Å². The van der Waals surface area contributed by atoms with Crippen molar-refractivity contribution in [3.63, 3.8) is 0 Å². The van der Waals surface area contributed by atoms with Gasteiger partial charge in [0.1, 0.15) is 5.75 Å². The van der Waals surface area contributed by atoms with Crippen LogP contribution in [-0.4, -0.2) is 45.0 Å². The Balaban J connectivity index is 1.42. The van der Waals surface area contributed by atoms with Gasteiger partial charge in [0.2, 0.25) is 10.0 Å². The van der Waals surface area contributed by atoms with Crippen LogP contribution in [-0.2, 0) is 10.0 Å². The van der Waals surface area contributed by atoms with Crippen LogP contribution < -0.4 is 15.4 Å². The number of amides is 2. The van der Waals surface area contributed by atoms with E-state index in [1.54, 1.807) is 22.5 Å². The Bertz CT molecular complexity index is 969. The number of piperidine rings is 1. The SMILES string of the molecule is CCOc1ccccc1NC(=O)NCCC1CCN(S(=O)(=O)c2ccc(C)cc2)CC1. The summed E-state index contributed by atoms with van der Waals surface area (Å²) >= 11 is 0. The molecule has 0 bridgehead atoms. The molecule has 1 aliphatic heterocycles. The van der Waals surface area contributed by atoms with Gasteiger partial charge in [-0.2, -0.15) is 4.31 Å². The van der Waals surface area contributed by atoms with Gasteiger partial charge in [0.15, 0.2) is 0 Å². The van der Waals surface area contributed by atoms with Gasteiger partial charge in [0.25, 0.3) is 0 Å². The number of hydrogen-bond donors (Lipinski definition) is 2. The van der Waals surface area contributed by atoms with E-state index in [0.29, 0.717) is 48.5 Å². The highest BCUT2D eigenvalue weighted by Gasteiger charge is 2.29. The number of benzene rings is 2. The highest BCUT2D eigenvalue weighted by atomic mass is 32.2. The quantitative estimate of drug-likeness (QED) is 0.643. The minimum absolute atomic E-state index is 0.272. The molecule has 0 saturated carbocycles. The van der Waals surface area contributed by atoms with Gasteiger partial charge in [-0.25, -0.2) is 13.2 Å². The monoisotopic (exact) mass is 445 g/mol. The number of ether oxygens (including phenoxy) is 1. The van der Waals surface area contributed by atoms with Crippen LogP contribution in [0.5, 0.6) is 5.75 Å². The second-order valence-corrected chi connectivity index (χ2v) is 9.70. The van der Waals surface area contributed by atoms with Gasteiger partial charge >= 0.3 is 6.03 Å². The first-order chi connectivity index (χ1) is 14.9. The van der Waals surface area contributed by atoms with Crippen LogP contribution in [0.1, 0.15) is 31.7 Å². The Hall–Kier alpha value is -2.58. The molecule has 2 aromatic carbocycles. The minimum Gasteiger partial charge on any atom is -0.492 e. The number of anilines is 1. The third kappa shape index (κ3) is 6.21. The van der Waals surface area contributed by atoms with Gasteiger partial charge in [-0.3, -0.25) is 0 Å². The van der Waals surface area contributed by atoms with Gasteiger partial charge in [-0.1, -0.05) is 29.8 Å². The van der Waals surface area contributed by atoms with Crippen molar-refractivity contribution in [2.75, 3.05) is 31.6 Å². The van der Waals surface area contributed by atoms with Crippen LogP contribution in [0, 0.1) is 12.8 Å². The second kappa shape index (κ2) is 10.6. The van der Waals surface area contributed by atoms with Crippen molar-refractivity contribution in [1.82, 2.24) is 9.62 Å². The van der Waals surface area contributed by atoms with Gasteiger partial charge in [-0.15, -0.1) is 0 Å². The van der Waals surface area contributed by atoms with E-state index in [9.17, 15) is 13.2 Å². The van der Waals surface area contributed by atoms with Crippen LogP contribution in [0.4, 0.5) is 10.5 Å². The number of urea groups is 1. The molecule has 168 valence electrons. The highest BCUT2D eigenvalue weighted by Crippen LogP contribution is 2.26. The third-order valence-electron chi connectivity index (χ3n) is 5.51. The van der Waals surface area contributed by atoms with E-state index < -0.39 is 10.0 Å². The summed E-state index contributed by atoms with van der Waals surface area (Å²) in [4.78, 5) is 12.6. The van der Waals surface area contributed by atoms with Crippen LogP contribution in [0.2, 0.25) is 0 Å². The standard InChI is InChI=1S/C23H31N3O4S/c1-3-30-22-7-5-4-6-21(22)25-23(27)24-15-12-19-13-16-26(17-14-19)31(28,29)20-10-8-18(2)9-11-20/h4-11,19H,3,12-17H2,1-2H3,(H2,24,25,27). The molecule has 3 rings (SSSR count). The number of sulfonamides is 1. The summed E-state index contributed by atoms with van der Waals surface area (Å²) in [7, 11) is -3.44. The number of carbonyl (C=O) groups is 1. The summed E-state index contributed by atoms with van der Waals surface area (Å²) in [5.41, 5.74) is 1.67. The first-order valence-electron chi connectivity index (χ1n) is 10.7. The number of para-hydroxylation sites is 2. The fourth-order valence-corrected chi connectivity index (χ4v) is 5.17. The zero-order valence-corrected chi connectivity index (χ0v) is 19.0. The normalized spacial score (nSPS) is 15.4. The van der Waals surface area contributed by atoms with Crippen molar-refractivity contribution >= 4 is 21.7 Å². The average Bonchev–Trinajstić information content (AvgIpc) is 2.76. The molecule has 0 radical (unpaired) electrons. The molecule has 0 aliphatic carbocycles. The van der Waals surface area contributed by atoms with Crippen molar-refractivity contribution in [2.24, 2.45) is 5.92 Å². The van der Waals surface area contributed by atoms with Crippen LogP contribution in [0.3, 0.4) is 0 Å². The van der Waals surface area contributed by atoms with E-state index in [-0.39, 0.29) is 6.03 Å². The Morgan fingerprint density at radius 2 is 1.77 bits per heavy atom. The van der Waals surface area contributed by atoms with E-state index in [1.165, 1.54) is 0 Å². The lowest BCUT2D eigenvalue weighted by atomic mass is 9.95. The maximum Gasteiger partial charge on any atom is 0.319 e. The molecule has 2 N–H and O–H groups in total. The summed E-state index contributed by atoms with van der Waals surface area (Å²) in [6.45, 7) is 5.92. The van der Waals surface area contributed by atoms with Gasteiger partial charge < -0.3 is 15.4 Å². The Morgan fingerprint density at radius 3 is 2.45 bits per heavy atom. The first-order valence-corrected chi connectivity index (χ1v) is 12.2. The number of nitrogens with one attached hydrogen (secondary N) is 2. The van der Waals surface area contributed by atoms with Crippen molar-refractivity contribution in [3.05, 3.63) is 54.1 Å². The molecule has 8 heteroatoms. The second-order valence-electron chi connectivity index (χ2n) is 7.76. The molecular formula is C23H31N3O4S. The summed E-state index contributed by atoms with van der Waals surface area (Å²) in [6.07, 6.45) is 2.40. The number of hydrogen-bond acceptors (Lipinski definition) is 4. The van der Waals surface area contributed by atoms with E-state index in [4.69, 9.17) is 4.74 Å². The zero-order valence-electron chi connectivity index (χ0n) is 18.1. The fraction of sp³-hybridized carbons (Fsp3) is 0.435. The fourth-order valence-electron chi connectivity index (χ4n) is 3.71. The van der Waals surface area contributed by atoms with Crippen LogP contribution in [0.25, 0.3) is 0 Å². The van der Waals surface area contributed by atoms with E-state index in [2.05, 4.69) is 10.6 Å². The van der Waals surface area contributed by atoms with Crippen molar-refractivity contribution in [3.8, 4) is 5.75 Å². The smallest absolute Gasteiger partial charge is 0.319 e. The molecule has 1 fully saturated rings. The molecule has 0 unspecified atom stereocenters. The van der Waals surface area contributed by atoms with E-state index in [1.807, 2.05) is 44.2 Å². The molecule has 1 aliphatic rings. The molecule has 0 spiro atoms. The summed E-state index contributed by atoms with van der Waals surface area (Å²) in [5.74, 6) is 1.03. The maximum atomic E-state index is 12.8. The lowest BCUT2D eigenvalue weighted by molar-refractivity contribution is 0.245. The Kier molecular flexibility index (Phi) is 7.92. The molecule has 2 aromatic rings. The molecule has 0 aromatic heterocycles. The van der Waals surface area contributed by atoms with Crippen molar-refractivity contribution < 1.29 is 17.9 Å². The number of nitrogens with zero attached hydrogens (tertiary/aromatic N) is 1. The molecule has 7 nitrogen and oxygen atoms in total. The predicted octanol–water partition coefficient (Wildman–Crippen LogP) is 4.01. The zero-order chi connectivity index (χ0) is 22.3. The first kappa shape index (κ1) is 23.1. The largest absolute Gasteiger partial charge is 0.492 e. The summed E-state index contributed by atoms with van der Waals surface area (Å²) < 4.78 is 32.7. The molecule has 2 amide bonds.